The Labute approximate surface area is 259 Å². The molecule has 0 aliphatic carbocycles. The predicted octanol–water partition coefficient (Wildman–Crippen LogP) is 6.94. The van der Waals surface area contributed by atoms with E-state index in [1.807, 2.05) is 80.3 Å². The maximum Gasteiger partial charge on any atom is 0.345 e. The number of carbonyl (C=O) groups excluding carboxylic acids is 3. The zero-order valence-electron chi connectivity index (χ0n) is 24.2. The minimum atomic E-state index is -0.865. The largest absolute Gasteiger partial charge is 0.494 e. The lowest BCUT2D eigenvalue weighted by Crippen LogP contribution is -2.53. The van der Waals surface area contributed by atoms with E-state index in [4.69, 9.17) is 14.2 Å². The number of anilines is 1. The molecule has 10 heteroatoms. The molecule has 0 saturated heterocycles. The van der Waals surface area contributed by atoms with Gasteiger partial charge in [-0.15, -0.1) is 11.8 Å². The molecule has 42 heavy (non-hydrogen) atoms. The fourth-order valence-electron chi connectivity index (χ4n) is 5.32. The van der Waals surface area contributed by atoms with E-state index >= 15 is 0 Å². The van der Waals surface area contributed by atoms with Crippen molar-refractivity contribution in [1.82, 2.24) is 0 Å². The number of carbonyl (C=O) groups is 3. The van der Waals surface area contributed by atoms with Crippen LogP contribution in [-0.4, -0.2) is 47.3 Å². The third kappa shape index (κ3) is 5.52. The van der Waals surface area contributed by atoms with Gasteiger partial charge in [0.1, 0.15) is 14.7 Å². The van der Waals surface area contributed by atoms with E-state index in [0.717, 1.165) is 27.3 Å². The van der Waals surface area contributed by atoms with Gasteiger partial charge in [-0.25, -0.2) is 9.59 Å². The van der Waals surface area contributed by atoms with Crippen molar-refractivity contribution in [3.63, 3.8) is 0 Å². The molecule has 220 valence electrons. The van der Waals surface area contributed by atoms with Gasteiger partial charge < -0.3 is 19.1 Å². The van der Waals surface area contributed by atoms with Gasteiger partial charge in [-0.05, 0) is 69.9 Å². The molecule has 0 bridgehead atoms. The minimum Gasteiger partial charge on any atom is -0.494 e. The van der Waals surface area contributed by atoms with Crippen molar-refractivity contribution in [2.24, 2.45) is 0 Å². The fraction of sp³-hybridized carbons (Fsp3) is 0.344. The Balaban J connectivity index is 1.70. The molecule has 0 fully saturated rings. The Morgan fingerprint density at radius 1 is 0.881 bits per heavy atom. The van der Waals surface area contributed by atoms with Crippen molar-refractivity contribution in [1.29, 1.82) is 0 Å². The van der Waals surface area contributed by atoms with Gasteiger partial charge in [-0.3, -0.25) is 4.79 Å². The van der Waals surface area contributed by atoms with Crippen LogP contribution in [0.15, 0.2) is 74.7 Å². The molecule has 0 radical (unpaired) electrons. The molecule has 0 N–H and O–H groups in total. The highest BCUT2D eigenvalue weighted by Crippen LogP contribution is 2.66. The summed E-state index contributed by atoms with van der Waals surface area (Å²) < 4.78 is 15.8. The zero-order valence-corrected chi connectivity index (χ0v) is 26.7. The molecule has 5 rings (SSSR count). The monoisotopic (exact) mass is 623 g/mol. The van der Waals surface area contributed by atoms with Crippen LogP contribution in [0.5, 0.6) is 5.75 Å². The number of hydrogen-bond donors (Lipinski definition) is 0. The maximum absolute atomic E-state index is 14.1. The van der Waals surface area contributed by atoms with Gasteiger partial charge in [0.25, 0.3) is 0 Å². The summed E-state index contributed by atoms with van der Waals surface area (Å²) in [6.45, 7) is 10.4. The normalized spacial score (nSPS) is 20.4. The van der Waals surface area contributed by atoms with E-state index < -0.39 is 21.6 Å². The van der Waals surface area contributed by atoms with Crippen LogP contribution in [0.1, 0.15) is 45.7 Å². The van der Waals surface area contributed by atoms with Gasteiger partial charge in [0, 0.05) is 16.0 Å². The molecular weight excluding hydrogens is 591 g/mol. The van der Waals surface area contributed by atoms with Crippen molar-refractivity contribution in [2.45, 2.75) is 50.7 Å². The van der Waals surface area contributed by atoms with Gasteiger partial charge in [-0.2, -0.15) is 0 Å². The molecule has 2 aromatic rings. The second kappa shape index (κ2) is 12.3. The average Bonchev–Trinajstić information content (AvgIpc) is 3.38. The third-order valence-electron chi connectivity index (χ3n) is 7.02. The number of esters is 2. The molecule has 2 aromatic carbocycles. The quantitative estimate of drug-likeness (QED) is 0.291. The second-order valence-electron chi connectivity index (χ2n) is 10.2. The average molecular weight is 624 g/mol. The lowest BCUT2D eigenvalue weighted by Gasteiger charge is -2.50. The summed E-state index contributed by atoms with van der Waals surface area (Å²) in [5.41, 5.74) is 2.58. The molecule has 0 aromatic heterocycles. The van der Waals surface area contributed by atoms with Gasteiger partial charge in [0.05, 0.1) is 42.4 Å². The maximum atomic E-state index is 14.1. The third-order valence-corrected chi connectivity index (χ3v) is 11.3. The van der Waals surface area contributed by atoms with Gasteiger partial charge in [-0.1, -0.05) is 53.9 Å². The topological polar surface area (TPSA) is 82.1 Å². The summed E-state index contributed by atoms with van der Waals surface area (Å²) in [4.78, 5) is 43.8. The van der Waals surface area contributed by atoms with E-state index in [-0.39, 0.29) is 25.5 Å². The fourth-order valence-corrected chi connectivity index (χ4v) is 9.71. The first kappa shape index (κ1) is 30.4. The van der Waals surface area contributed by atoms with Crippen molar-refractivity contribution in [3.05, 3.63) is 85.9 Å². The van der Waals surface area contributed by atoms with Crippen molar-refractivity contribution < 1.29 is 28.6 Å². The summed E-state index contributed by atoms with van der Waals surface area (Å²) in [7, 11) is 0. The second-order valence-corrected chi connectivity index (χ2v) is 13.9. The van der Waals surface area contributed by atoms with Crippen LogP contribution in [0.25, 0.3) is 5.57 Å². The highest BCUT2D eigenvalue weighted by atomic mass is 32.2. The van der Waals surface area contributed by atoms with Crippen LogP contribution in [0.2, 0.25) is 0 Å². The molecule has 7 nitrogen and oxygen atoms in total. The smallest absolute Gasteiger partial charge is 0.345 e. The Hall–Kier alpha value is -3.08. The number of hydrogen-bond acceptors (Lipinski definition) is 9. The standard InChI is InChI=1S/C32H33NO6S3/c1-6-37-21-14-15-23-22(17-21)27-28(31(4,5)33(23)26(34)16-20-12-10-9-11-13-20)41-24(29(35)38-7-2)18-32(27)40-19-25(42-32)30(36)39-8-3/h9-15,17-19H,6-8,16H2,1-5H3/t32-/m0/s1. The van der Waals surface area contributed by atoms with Gasteiger partial charge in [0.2, 0.25) is 5.91 Å². The zero-order chi connectivity index (χ0) is 30.1. The van der Waals surface area contributed by atoms with Crippen LogP contribution < -0.4 is 9.64 Å². The van der Waals surface area contributed by atoms with Gasteiger partial charge in [0.15, 0.2) is 0 Å². The Kier molecular flexibility index (Phi) is 8.87. The Morgan fingerprint density at radius 3 is 2.24 bits per heavy atom. The van der Waals surface area contributed by atoms with Crippen molar-refractivity contribution in [3.8, 4) is 5.75 Å². The SMILES string of the molecule is CCOC(=O)C1=C[C@@]2(SC=C(C(=O)OCC)S2)C2=C(S1)C(C)(C)N(C(=O)Cc1ccccc1)c1ccc(OCC)cc12. The number of fused-ring (bicyclic) bond motifs is 3. The van der Waals surface area contributed by atoms with E-state index in [2.05, 4.69) is 0 Å². The van der Waals surface area contributed by atoms with Crippen LogP contribution in [0.4, 0.5) is 5.69 Å². The Morgan fingerprint density at radius 2 is 1.57 bits per heavy atom. The number of thioether (sulfide) groups is 3. The lowest BCUT2D eigenvalue weighted by atomic mass is 9.84. The summed E-state index contributed by atoms with van der Waals surface area (Å²) in [6.07, 6.45) is 2.11. The van der Waals surface area contributed by atoms with Crippen LogP contribution in [0, 0.1) is 0 Å². The molecule has 1 amide bonds. The van der Waals surface area contributed by atoms with E-state index in [9.17, 15) is 14.4 Å². The molecular formula is C32H33NO6S3. The molecule has 3 aliphatic rings. The summed E-state index contributed by atoms with van der Waals surface area (Å²) in [6, 6.07) is 15.4. The highest BCUT2D eigenvalue weighted by Gasteiger charge is 2.54. The number of rotatable bonds is 8. The van der Waals surface area contributed by atoms with Gasteiger partial charge >= 0.3 is 11.9 Å². The van der Waals surface area contributed by atoms with Crippen LogP contribution in [-0.2, 0) is 30.3 Å². The molecule has 0 unspecified atom stereocenters. The molecule has 0 saturated carbocycles. The highest BCUT2D eigenvalue weighted by molar-refractivity contribution is 8.25. The van der Waals surface area contributed by atoms with Crippen molar-refractivity contribution in [2.75, 3.05) is 24.7 Å². The predicted molar refractivity (Wildman–Crippen MR) is 171 cm³/mol. The first-order valence-electron chi connectivity index (χ1n) is 13.9. The molecule has 1 spiro atoms. The summed E-state index contributed by atoms with van der Waals surface area (Å²) in [5.74, 6) is -0.241. The molecule has 3 heterocycles. The molecule has 3 aliphatic heterocycles. The first-order chi connectivity index (χ1) is 20.1. The molecule has 1 atom stereocenters. The first-order valence-corrected chi connectivity index (χ1v) is 16.4. The number of nitrogens with zero attached hydrogens (tertiary/aromatic N) is 1. The Bertz CT molecular complexity index is 1510. The van der Waals surface area contributed by atoms with E-state index in [0.29, 0.717) is 22.2 Å². The summed E-state index contributed by atoms with van der Waals surface area (Å²) >= 11 is 4.13. The minimum absolute atomic E-state index is 0.0675. The number of ether oxygens (including phenoxy) is 3. The number of benzene rings is 2. The van der Waals surface area contributed by atoms with Crippen LogP contribution >= 0.6 is 35.3 Å². The van der Waals surface area contributed by atoms with E-state index in [1.165, 1.54) is 35.3 Å². The van der Waals surface area contributed by atoms with Crippen LogP contribution in [0.3, 0.4) is 0 Å². The number of amides is 1. The van der Waals surface area contributed by atoms with E-state index in [1.54, 1.807) is 19.3 Å². The lowest BCUT2D eigenvalue weighted by molar-refractivity contribution is -0.138. The van der Waals surface area contributed by atoms with Crippen molar-refractivity contribution >= 4 is 64.4 Å². The summed E-state index contributed by atoms with van der Waals surface area (Å²) in [5, 5.41) is 1.80.